The molecule has 126 valence electrons. The van der Waals surface area contributed by atoms with Gasteiger partial charge in [0.25, 0.3) is 0 Å². The molecule has 0 saturated heterocycles. The molecule has 0 heterocycles. The molecular formula is C16H23N3O4. The van der Waals surface area contributed by atoms with E-state index < -0.39 is 29.9 Å². The number of hydrogen-bond acceptors (Lipinski definition) is 4. The van der Waals surface area contributed by atoms with Gasteiger partial charge in [0.1, 0.15) is 6.04 Å². The minimum atomic E-state index is -1.08. The zero-order chi connectivity index (χ0) is 17.6. The van der Waals surface area contributed by atoms with Gasteiger partial charge in [0.15, 0.2) is 0 Å². The second kappa shape index (κ2) is 8.28. The summed E-state index contributed by atoms with van der Waals surface area (Å²) in [5, 5.41) is 8.96. The molecule has 3 N–H and O–H groups in total. The van der Waals surface area contributed by atoms with E-state index in [9.17, 15) is 14.4 Å². The van der Waals surface area contributed by atoms with Crippen LogP contribution in [0.3, 0.4) is 0 Å². The first-order valence-electron chi connectivity index (χ1n) is 7.22. The maximum atomic E-state index is 12.6. The van der Waals surface area contributed by atoms with Gasteiger partial charge in [-0.2, -0.15) is 0 Å². The van der Waals surface area contributed by atoms with Crippen molar-refractivity contribution in [1.82, 2.24) is 9.80 Å². The zero-order valence-electron chi connectivity index (χ0n) is 13.6. The number of carboxylic acid groups (broad SMARTS) is 1. The van der Waals surface area contributed by atoms with Crippen molar-refractivity contribution >= 4 is 17.8 Å². The molecule has 1 aromatic carbocycles. The van der Waals surface area contributed by atoms with Crippen molar-refractivity contribution in [2.75, 3.05) is 21.1 Å². The maximum absolute atomic E-state index is 12.6. The summed E-state index contributed by atoms with van der Waals surface area (Å²) in [6, 6.07) is 7.53. The van der Waals surface area contributed by atoms with Gasteiger partial charge in [0, 0.05) is 13.5 Å². The molecule has 0 bridgehead atoms. The molecule has 0 aliphatic heterocycles. The van der Waals surface area contributed by atoms with E-state index in [-0.39, 0.29) is 12.8 Å². The topological polar surface area (TPSA) is 104 Å². The number of aliphatic carboxylic acids is 1. The highest BCUT2D eigenvalue weighted by atomic mass is 16.4. The lowest BCUT2D eigenvalue weighted by Crippen LogP contribution is -2.53. The van der Waals surface area contributed by atoms with Gasteiger partial charge in [-0.3, -0.25) is 19.3 Å². The number of nitrogens with zero attached hydrogens (tertiary/aromatic N) is 2. The summed E-state index contributed by atoms with van der Waals surface area (Å²) in [5.74, 6) is -2.15. The Hall–Kier alpha value is -2.41. The molecule has 23 heavy (non-hydrogen) atoms. The van der Waals surface area contributed by atoms with Crippen molar-refractivity contribution in [3.05, 3.63) is 35.9 Å². The number of nitrogens with two attached hydrogens (primary N) is 1. The first-order valence-corrected chi connectivity index (χ1v) is 7.22. The number of benzene rings is 1. The standard InChI is InChI=1S/C16H23N3O4/c1-18(2)13(10-14(20)21)16(23)19(3)12(15(17)22)9-11-7-5-4-6-8-11/h4-8,12-13H,9-10H2,1-3H3,(H2,17,22)(H,20,21)/t12-,13+/m0/s1. The first kappa shape index (κ1) is 18.6. The van der Waals surface area contributed by atoms with Gasteiger partial charge in [-0.05, 0) is 19.7 Å². The smallest absolute Gasteiger partial charge is 0.305 e. The highest BCUT2D eigenvalue weighted by molar-refractivity contribution is 5.91. The Labute approximate surface area is 135 Å². The predicted molar refractivity (Wildman–Crippen MR) is 85.6 cm³/mol. The van der Waals surface area contributed by atoms with Crippen LogP contribution >= 0.6 is 0 Å². The second-order valence-electron chi connectivity index (χ2n) is 5.63. The summed E-state index contributed by atoms with van der Waals surface area (Å²) in [7, 11) is 4.71. The number of rotatable bonds is 8. The maximum Gasteiger partial charge on any atom is 0.305 e. The van der Waals surface area contributed by atoms with Crippen LogP contribution in [0, 0.1) is 0 Å². The predicted octanol–water partition coefficient (Wildman–Crippen LogP) is -0.0537. The third-order valence-electron chi connectivity index (χ3n) is 3.69. The van der Waals surface area contributed by atoms with Gasteiger partial charge in [0.05, 0.1) is 12.5 Å². The van der Waals surface area contributed by atoms with Crippen LogP contribution in [0.25, 0.3) is 0 Å². The quantitative estimate of drug-likeness (QED) is 0.698. The van der Waals surface area contributed by atoms with Crippen LogP contribution in [-0.4, -0.2) is 65.9 Å². The van der Waals surface area contributed by atoms with Gasteiger partial charge in [0.2, 0.25) is 11.8 Å². The van der Waals surface area contributed by atoms with Crippen molar-refractivity contribution in [3.8, 4) is 0 Å². The number of carboxylic acids is 1. The number of carbonyl (C=O) groups is 3. The largest absolute Gasteiger partial charge is 0.481 e. The number of primary amides is 1. The molecule has 0 aliphatic rings. The lowest BCUT2D eigenvalue weighted by atomic mass is 10.0. The van der Waals surface area contributed by atoms with Crippen molar-refractivity contribution in [2.45, 2.75) is 24.9 Å². The van der Waals surface area contributed by atoms with Crippen LogP contribution in [0.1, 0.15) is 12.0 Å². The summed E-state index contributed by atoms with van der Waals surface area (Å²) in [5.41, 5.74) is 6.31. The molecule has 0 spiro atoms. The lowest BCUT2D eigenvalue weighted by Gasteiger charge is -2.31. The number of amides is 2. The Balaban J connectivity index is 2.95. The Morgan fingerprint density at radius 1 is 1.09 bits per heavy atom. The van der Waals surface area contributed by atoms with Crippen LogP contribution < -0.4 is 5.73 Å². The van der Waals surface area contributed by atoms with Gasteiger partial charge in [-0.25, -0.2) is 0 Å². The number of hydrogen-bond donors (Lipinski definition) is 2. The Bertz CT molecular complexity index is 560. The molecule has 7 nitrogen and oxygen atoms in total. The van der Waals surface area contributed by atoms with E-state index in [0.717, 1.165) is 5.56 Å². The van der Waals surface area contributed by atoms with E-state index in [4.69, 9.17) is 10.8 Å². The molecule has 0 radical (unpaired) electrons. The van der Waals surface area contributed by atoms with Gasteiger partial charge in [-0.1, -0.05) is 30.3 Å². The van der Waals surface area contributed by atoms with E-state index in [1.54, 1.807) is 14.1 Å². The third kappa shape index (κ3) is 5.37. The molecule has 0 unspecified atom stereocenters. The highest BCUT2D eigenvalue weighted by Crippen LogP contribution is 2.12. The lowest BCUT2D eigenvalue weighted by molar-refractivity contribution is -0.146. The van der Waals surface area contributed by atoms with E-state index >= 15 is 0 Å². The molecule has 0 aromatic heterocycles. The van der Waals surface area contributed by atoms with E-state index in [1.807, 2.05) is 30.3 Å². The third-order valence-corrected chi connectivity index (χ3v) is 3.69. The fourth-order valence-electron chi connectivity index (χ4n) is 2.31. The van der Waals surface area contributed by atoms with E-state index in [1.165, 1.54) is 16.8 Å². The summed E-state index contributed by atoms with van der Waals surface area (Å²) in [6.45, 7) is 0. The van der Waals surface area contributed by atoms with Crippen molar-refractivity contribution < 1.29 is 19.5 Å². The van der Waals surface area contributed by atoms with Gasteiger partial charge < -0.3 is 15.7 Å². The fourth-order valence-corrected chi connectivity index (χ4v) is 2.31. The van der Waals surface area contributed by atoms with Crippen molar-refractivity contribution in [3.63, 3.8) is 0 Å². The van der Waals surface area contributed by atoms with Crippen LogP contribution in [0.15, 0.2) is 30.3 Å². The summed E-state index contributed by atoms with van der Waals surface area (Å²) < 4.78 is 0. The second-order valence-corrected chi connectivity index (χ2v) is 5.63. The molecule has 1 rings (SSSR count). The summed E-state index contributed by atoms with van der Waals surface area (Å²) in [4.78, 5) is 38.0. The summed E-state index contributed by atoms with van der Waals surface area (Å²) in [6.07, 6.45) is -0.0569. The fraction of sp³-hybridized carbons (Fsp3) is 0.438. The van der Waals surface area contributed by atoms with Crippen LogP contribution in [-0.2, 0) is 20.8 Å². The average molecular weight is 321 g/mol. The minimum absolute atomic E-state index is 0.283. The Morgan fingerprint density at radius 3 is 2.09 bits per heavy atom. The van der Waals surface area contributed by atoms with E-state index in [2.05, 4.69) is 0 Å². The van der Waals surface area contributed by atoms with Crippen LogP contribution in [0.2, 0.25) is 0 Å². The molecule has 0 fully saturated rings. The van der Waals surface area contributed by atoms with Gasteiger partial charge >= 0.3 is 5.97 Å². The van der Waals surface area contributed by atoms with Crippen LogP contribution in [0.5, 0.6) is 0 Å². The number of likely N-dealkylation sites (N-methyl/N-ethyl adjacent to an activating group) is 2. The molecular weight excluding hydrogens is 298 g/mol. The Kier molecular flexibility index (Phi) is 6.71. The SMILES string of the molecule is CN(C)[C@H](CC(=O)O)C(=O)N(C)[C@@H](Cc1ccccc1)C(N)=O. The molecule has 2 atom stereocenters. The normalized spacial score (nSPS) is 13.4. The molecule has 7 heteroatoms. The van der Waals surface area contributed by atoms with Crippen LogP contribution in [0.4, 0.5) is 0 Å². The molecule has 0 saturated carbocycles. The Morgan fingerprint density at radius 2 is 1.65 bits per heavy atom. The minimum Gasteiger partial charge on any atom is -0.481 e. The summed E-state index contributed by atoms with van der Waals surface area (Å²) >= 11 is 0. The van der Waals surface area contributed by atoms with E-state index in [0.29, 0.717) is 0 Å². The molecule has 1 aromatic rings. The highest BCUT2D eigenvalue weighted by Gasteiger charge is 2.32. The zero-order valence-corrected chi connectivity index (χ0v) is 13.6. The molecule has 0 aliphatic carbocycles. The van der Waals surface area contributed by atoms with Crippen molar-refractivity contribution in [2.24, 2.45) is 5.73 Å². The number of carbonyl (C=O) groups excluding carboxylic acids is 2. The average Bonchev–Trinajstić information content (AvgIpc) is 2.49. The molecule has 2 amide bonds. The first-order chi connectivity index (χ1) is 10.7. The monoisotopic (exact) mass is 321 g/mol. The van der Waals surface area contributed by atoms with Crippen molar-refractivity contribution in [1.29, 1.82) is 0 Å². The van der Waals surface area contributed by atoms with Gasteiger partial charge in [-0.15, -0.1) is 0 Å².